The zero-order valence-electron chi connectivity index (χ0n) is 13.3. The summed E-state index contributed by atoms with van der Waals surface area (Å²) in [4.78, 5) is 15.6. The van der Waals surface area contributed by atoms with Gasteiger partial charge < -0.3 is 5.11 Å². The van der Waals surface area contributed by atoms with Crippen molar-refractivity contribution in [3.63, 3.8) is 0 Å². The molecule has 4 heteroatoms. The monoisotopic (exact) mass is 307 g/mol. The molecule has 1 atom stereocenters. The van der Waals surface area contributed by atoms with Crippen LogP contribution in [0.25, 0.3) is 6.08 Å². The topological polar surface area (TPSA) is 50.2 Å². The minimum atomic E-state index is -0.496. The van der Waals surface area contributed by atoms with E-state index in [4.69, 9.17) is 0 Å². The van der Waals surface area contributed by atoms with Crippen LogP contribution in [0, 0.1) is 6.92 Å². The number of hydrogen-bond donors (Lipinski definition) is 1. The number of rotatable bonds is 8. The Bertz CT molecular complexity index is 529. The number of aromatic nitrogens is 1. The molecule has 0 aliphatic rings. The Morgan fingerprint density at radius 1 is 1.43 bits per heavy atom. The molecule has 0 amide bonds. The van der Waals surface area contributed by atoms with Gasteiger partial charge in [-0.1, -0.05) is 18.6 Å². The van der Waals surface area contributed by atoms with Crippen molar-refractivity contribution in [2.75, 3.05) is 0 Å². The first-order chi connectivity index (χ1) is 9.92. The highest BCUT2D eigenvalue weighted by molar-refractivity contribution is 7.09. The van der Waals surface area contributed by atoms with Gasteiger partial charge in [-0.2, -0.15) is 0 Å². The van der Waals surface area contributed by atoms with E-state index in [0.717, 1.165) is 28.3 Å². The summed E-state index contributed by atoms with van der Waals surface area (Å²) in [7, 11) is 0. The van der Waals surface area contributed by atoms with Crippen molar-refractivity contribution in [1.82, 2.24) is 4.98 Å². The van der Waals surface area contributed by atoms with Crippen LogP contribution in [-0.4, -0.2) is 22.0 Å². The summed E-state index contributed by atoms with van der Waals surface area (Å²) in [6.45, 7) is 7.79. The van der Waals surface area contributed by atoms with Crippen LogP contribution >= 0.6 is 11.3 Å². The van der Waals surface area contributed by atoms with Crippen LogP contribution in [-0.2, 0) is 4.79 Å². The van der Waals surface area contributed by atoms with Crippen LogP contribution in [0.1, 0.15) is 57.2 Å². The van der Waals surface area contributed by atoms with Crippen molar-refractivity contribution >= 4 is 23.2 Å². The van der Waals surface area contributed by atoms with E-state index < -0.39 is 6.10 Å². The van der Waals surface area contributed by atoms with Crippen molar-refractivity contribution in [2.45, 2.75) is 59.5 Å². The molecule has 1 aromatic heterocycles. The lowest BCUT2D eigenvalue weighted by atomic mass is 10.0. The third-order valence-corrected chi connectivity index (χ3v) is 4.21. The van der Waals surface area contributed by atoms with E-state index in [1.165, 1.54) is 0 Å². The van der Waals surface area contributed by atoms with Gasteiger partial charge in [-0.3, -0.25) is 4.79 Å². The van der Waals surface area contributed by atoms with E-state index in [9.17, 15) is 9.90 Å². The number of hydrogen-bond acceptors (Lipinski definition) is 4. The highest BCUT2D eigenvalue weighted by Crippen LogP contribution is 2.16. The van der Waals surface area contributed by atoms with Gasteiger partial charge in [0.25, 0.3) is 0 Å². The Balaban J connectivity index is 2.50. The minimum Gasteiger partial charge on any atom is -0.388 e. The number of ketones is 1. The highest BCUT2D eigenvalue weighted by atomic mass is 32.1. The number of aliphatic hydroxyl groups is 1. The Kier molecular flexibility index (Phi) is 7.54. The Labute approximate surface area is 131 Å². The van der Waals surface area contributed by atoms with Crippen molar-refractivity contribution in [2.24, 2.45) is 0 Å². The van der Waals surface area contributed by atoms with Crippen LogP contribution in [0.15, 0.2) is 22.6 Å². The summed E-state index contributed by atoms with van der Waals surface area (Å²) in [6, 6.07) is 0. The van der Waals surface area contributed by atoms with Crippen LogP contribution < -0.4 is 0 Å². The lowest BCUT2D eigenvalue weighted by Crippen LogP contribution is -2.06. The predicted octanol–water partition coefficient (Wildman–Crippen LogP) is 4.31. The molecule has 0 fully saturated rings. The molecule has 0 radical (unpaired) electrons. The number of carbonyl (C=O) groups is 1. The quantitative estimate of drug-likeness (QED) is 0.728. The first-order valence-electron chi connectivity index (χ1n) is 7.38. The third-order valence-electron chi connectivity index (χ3n) is 3.42. The number of aryl methyl sites for hydroxylation is 1. The van der Waals surface area contributed by atoms with Crippen LogP contribution in [0.2, 0.25) is 0 Å². The zero-order valence-corrected chi connectivity index (χ0v) is 14.2. The molecule has 0 aliphatic carbocycles. The van der Waals surface area contributed by atoms with Gasteiger partial charge in [0, 0.05) is 18.2 Å². The molecule has 0 bridgehead atoms. The second-order valence-electron chi connectivity index (χ2n) is 5.37. The SMILES string of the molecule is CCC(=O)CC/C(C)=C/CC(O)/C(C)=C/c1csc(C)n1. The van der Waals surface area contributed by atoms with E-state index in [1.54, 1.807) is 11.3 Å². The van der Waals surface area contributed by atoms with Crippen LogP contribution in [0.3, 0.4) is 0 Å². The fourth-order valence-electron chi connectivity index (χ4n) is 1.89. The van der Waals surface area contributed by atoms with Gasteiger partial charge in [0.15, 0.2) is 0 Å². The maximum absolute atomic E-state index is 11.3. The Morgan fingerprint density at radius 2 is 2.14 bits per heavy atom. The number of aliphatic hydroxyl groups excluding tert-OH is 1. The lowest BCUT2D eigenvalue weighted by Gasteiger charge is -2.09. The summed E-state index contributed by atoms with van der Waals surface area (Å²) in [5.41, 5.74) is 2.98. The summed E-state index contributed by atoms with van der Waals surface area (Å²) < 4.78 is 0. The average molecular weight is 307 g/mol. The molecule has 0 aliphatic heterocycles. The molecule has 1 heterocycles. The normalized spacial score (nSPS) is 14.3. The van der Waals surface area contributed by atoms with E-state index in [1.807, 2.05) is 45.2 Å². The van der Waals surface area contributed by atoms with Crippen LogP contribution in [0.4, 0.5) is 0 Å². The summed E-state index contributed by atoms with van der Waals surface area (Å²) in [5, 5.41) is 13.2. The summed E-state index contributed by atoms with van der Waals surface area (Å²) >= 11 is 1.61. The highest BCUT2D eigenvalue weighted by Gasteiger charge is 2.06. The average Bonchev–Trinajstić information content (AvgIpc) is 2.86. The van der Waals surface area contributed by atoms with Gasteiger partial charge in [-0.15, -0.1) is 11.3 Å². The van der Waals surface area contributed by atoms with E-state index in [2.05, 4.69) is 4.98 Å². The van der Waals surface area contributed by atoms with E-state index in [0.29, 0.717) is 25.0 Å². The summed E-state index contributed by atoms with van der Waals surface area (Å²) in [5.74, 6) is 0.290. The van der Waals surface area contributed by atoms with Gasteiger partial charge in [-0.05, 0) is 45.3 Å². The fourth-order valence-corrected chi connectivity index (χ4v) is 2.46. The molecule has 1 unspecified atom stereocenters. The van der Waals surface area contributed by atoms with Crippen molar-refractivity contribution in [3.05, 3.63) is 33.3 Å². The Morgan fingerprint density at radius 3 is 2.71 bits per heavy atom. The molecular formula is C17H25NO2S. The zero-order chi connectivity index (χ0) is 15.8. The standard InChI is InChI=1S/C17H25NO2S/c1-5-16(19)8-6-12(2)7-9-17(20)13(3)10-15-11-21-14(4)18-15/h7,10-11,17,20H,5-6,8-9H2,1-4H3/b12-7+,13-10+. The first kappa shape index (κ1) is 17.8. The molecule has 0 saturated heterocycles. The second-order valence-corrected chi connectivity index (χ2v) is 6.44. The van der Waals surface area contributed by atoms with Crippen molar-refractivity contribution < 1.29 is 9.90 Å². The maximum Gasteiger partial charge on any atom is 0.132 e. The largest absolute Gasteiger partial charge is 0.388 e. The Hall–Kier alpha value is -1.26. The minimum absolute atomic E-state index is 0.290. The third kappa shape index (κ3) is 6.82. The molecule has 21 heavy (non-hydrogen) atoms. The molecule has 1 N–H and O–H groups in total. The number of Topliss-reactive ketones (excluding diaryl/α,β-unsaturated/α-hetero) is 1. The van der Waals surface area contributed by atoms with Crippen molar-refractivity contribution in [1.29, 1.82) is 0 Å². The summed E-state index contributed by atoms with van der Waals surface area (Å²) in [6.07, 6.45) is 6.02. The molecule has 0 aromatic carbocycles. The molecule has 116 valence electrons. The predicted molar refractivity (Wildman–Crippen MR) is 89.4 cm³/mol. The van der Waals surface area contributed by atoms with E-state index >= 15 is 0 Å². The number of carbonyl (C=O) groups excluding carboxylic acids is 1. The van der Waals surface area contributed by atoms with Gasteiger partial charge >= 0.3 is 0 Å². The number of thiazole rings is 1. The van der Waals surface area contributed by atoms with Gasteiger partial charge in [-0.25, -0.2) is 4.98 Å². The number of allylic oxidation sites excluding steroid dienone is 1. The van der Waals surface area contributed by atoms with E-state index in [-0.39, 0.29) is 0 Å². The lowest BCUT2D eigenvalue weighted by molar-refractivity contribution is -0.118. The molecule has 0 saturated carbocycles. The molecule has 1 rings (SSSR count). The van der Waals surface area contributed by atoms with Crippen molar-refractivity contribution in [3.8, 4) is 0 Å². The first-order valence-corrected chi connectivity index (χ1v) is 8.26. The maximum atomic E-state index is 11.3. The fraction of sp³-hybridized carbons (Fsp3) is 0.529. The number of nitrogens with zero attached hydrogens (tertiary/aromatic N) is 1. The second kappa shape index (κ2) is 8.90. The molecule has 0 spiro atoms. The van der Waals surface area contributed by atoms with Crippen LogP contribution in [0.5, 0.6) is 0 Å². The van der Waals surface area contributed by atoms with Gasteiger partial charge in [0.1, 0.15) is 5.78 Å². The smallest absolute Gasteiger partial charge is 0.132 e. The molecule has 3 nitrogen and oxygen atoms in total. The molecule has 1 aromatic rings. The molecular weight excluding hydrogens is 282 g/mol. The van der Waals surface area contributed by atoms with Gasteiger partial charge in [0.05, 0.1) is 16.8 Å². The van der Waals surface area contributed by atoms with Gasteiger partial charge in [0.2, 0.25) is 0 Å².